The molecule has 2 nitrogen and oxygen atoms in total. The minimum atomic E-state index is 0.740. The summed E-state index contributed by atoms with van der Waals surface area (Å²) >= 11 is 0. The van der Waals surface area contributed by atoms with E-state index in [0.29, 0.717) is 0 Å². The highest BCUT2D eigenvalue weighted by molar-refractivity contribution is 4.97. The van der Waals surface area contributed by atoms with Crippen LogP contribution in [0.3, 0.4) is 0 Å². The van der Waals surface area contributed by atoms with Crippen LogP contribution in [0.2, 0.25) is 0 Å². The maximum atomic E-state index is 3.99. The van der Waals surface area contributed by atoms with E-state index in [1.807, 2.05) is 0 Å². The molecular formula is C35H70N2. The maximum Gasteiger partial charge on any atom is 0.00670 e. The molecule has 1 aliphatic heterocycles. The Morgan fingerprint density at radius 2 is 1.16 bits per heavy atom. The first-order valence-corrected chi connectivity index (χ1v) is 17.6. The highest BCUT2D eigenvalue weighted by atomic mass is 15.1. The maximum absolute atomic E-state index is 3.99. The molecule has 0 amide bonds. The van der Waals surface area contributed by atoms with Crippen LogP contribution in [0, 0.1) is 17.3 Å². The van der Waals surface area contributed by atoms with Crippen LogP contribution in [-0.4, -0.2) is 37.1 Å². The Morgan fingerprint density at radius 3 is 1.73 bits per heavy atom. The lowest BCUT2D eigenvalue weighted by Crippen LogP contribution is -2.48. The third-order valence-corrected chi connectivity index (χ3v) is 10.2. The summed E-state index contributed by atoms with van der Waals surface area (Å²) in [5, 5.41) is 3.99. The predicted octanol–water partition coefficient (Wildman–Crippen LogP) is 10.5. The quantitative estimate of drug-likeness (QED) is 0.128. The van der Waals surface area contributed by atoms with E-state index in [-0.39, 0.29) is 0 Å². The van der Waals surface area contributed by atoms with Crippen molar-refractivity contribution in [3.05, 3.63) is 0 Å². The lowest BCUT2D eigenvalue weighted by Gasteiger charge is -2.52. The van der Waals surface area contributed by atoms with Gasteiger partial charge in [-0.15, -0.1) is 0 Å². The normalized spacial score (nSPS) is 19.1. The minimum Gasteiger partial charge on any atom is -0.314 e. The summed E-state index contributed by atoms with van der Waals surface area (Å²) in [5.41, 5.74) is 0.740. The third kappa shape index (κ3) is 14.2. The molecule has 1 saturated carbocycles. The molecule has 2 aliphatic rings. The third-order valence-electron chi connectivity index (χ3n) is 10.2. The monoisotopic (exact) mass is 519 g/mol. The molecule has 2 rings (SSSR count). The van der Waals surface area contributed by atoms with Crippen LogP contribution in [-0.2, 0) is 0 Å². The fourth-order valence-electron chi connectivity index (χ4n) is 7.49. The molecule has 1 N–H and O–H groups in total. The van der Waals surface area contributed by atoms with E-state index < -0.39 is 0 Å². The zero-order valence-electron chi connectivity index (χ0n) is 26.3. The van der Waals surface area contributed by atoms with Gasteiger partial charge in [0, 0.05) is 6.04 Å². The Labute approximate surface area is 234 Å². The number of piperidine rings is 1. The summed E-state index contributed by atoms with van der Waals surface area (Å²) in [4.78, 5) is 2.84. The molecule has 1 saturated heterocycles. The first-order chi connectivity index (χ1) is 18.1. The van der Waals surface area contributed by atoms with Crippen LogP contribution in [0.5, 0.6) is 0 Å². The van der Waals surface area contributed by atoms with Gasteiger partial charge < -0.3 is 10.2 Å². The molecule has 1 unspecified atom stereocenters. The summed E-state index contributed by atoms with van der Waals surface area (Å²) in [5.74, 6) is 2.00. The molecule has 0 bridgehead atoms. The van der Waals surface area contributed by atoms with Crippen LogP contribution in [0.1, 0.15) is 175 Å². The average molecular weight is 519 g/mol. The molecule has 1 heterocycles. The van der Waals surface area contributed by atoms with Crippen molar-refractivity contribution in [1.29, 1.82) is 0 Å². The Morgan fingerprint density at radius 1 is 0.649 bits per heavy atom. The van der Waals surface area contributed by atoms with E-state index in [1.54, 1.807) is 0 Å². The van der Waals surface area contributed by atoms with Gasteiger partial charge in [0.1, 0.15) is 0 Å². The largest absolute Gasteiger partial charge is 0.314 e. The summed E-state index contributed by atoms with van der Waals surface area (Å²) in [6, 6.07) is 0.785. The standard InChI is InChI=1S/C35H70N2/c1-5-9-13-17-19-32(18-14-10-6-2)23-27-37-28-24-35(25-29-37)30-33(31-35)22-26-36-34(20-15-11-7-3)21-16-12-8-4/h32-34,36H,5-31H2,1-4H3. The predicted molar refractivity (Wildman–Crippen MR) is 167 cm³/mol. The van der Waals surface area contributed by atoms with Gasteiger partial charge in [-0.25, -0.2) is 0 Å². The number of hydrogen-bond donors (Lipinski definition) is 1. The molecule has 0 aromatic heterocycles. The van der Waals surface area contributed by atoms with E-state index in [1.165, 1.54) is 174 Å². The molecule has 0 aromatic rings. The molecule has 1 aliphatic carbocycles. The van der Waals surface area contributed by atoms with E-state index in [0.717, 1.165) is 23.3 Å². The number of nitrogens with zero attached hydrogens (tertiary/aromatic N) is 1. The highest BCUT2D eigenvalue weighted by Gasteiger charge is 2.45. The number of nitrogens with one attached hydrogen (secondary N) is 1. The van der Waals surface area contributed by atoms with Crippen molar-refractivity contribution in [2.45, 2.75) is 181 Å². The molecule has 1 spiro atoms. The summed E-state index contributed by atoms with van der Waals surface area (Å²) in [6.45, 7) is 14.8. The fraction of sp³-hybridized carbons (Fsp3) is 1.00. The molecule has 2 fully saturated rings. The van der Waals surface area contributed by atoms with Crippen molar-refractivity contribution in [2.24, 2.45) is 17.3 Å². The number of hydrogen-bond acceptors (Lipinski definition) is 2. The average Bonchev–Trinajstić information content (AvgIpc) is 2.89. The van der Waals surface area contributed by atoms with Crippen molar-refractivity contribution in [3.63, 3.8) is 0 Å². The van der Waals surface area contributed by atoms with E-state index in [4.69, 9.17) is 0 Å². The van der Waals surface area contributed by atoms with Gasteiger partial charge >= 0.3 is 0 Å². The Kier molecular flexibility index (Phi) is 18.6. The summed E-state index contributed by atoms with van der Waals surface area (Å²) in [7, 11) is 0. The van der Waals surface area contributed by atoms with Crippen LogP contribution < -0.4 is 5.32 Å². The second-order valence-corrected chi connectivity index (χ2v) is 13.5. The van der Waals surface area contributed by atoms with Crippen molar-refractivity contribution < 1.29 is 0 Å². The second-order valence-electron chi connectivity index (χ2n) is 13.5. The molecule has 1 atom stereocenters. The van der Waals surface area contributed by atoms with Crippen molar-refractivity contribution in [1.82, 2.24) is 10.2 Å². The number of likely N-dealkylation sites (tertiary alicyclic amines) is 1. The first kappa shape index (κ1) is 33.1. The van der Waals surface area contributed by atoms with Crippen LogP contribution >= 0.6 is 0 Å². The van der Waals surface area contributed by atoms with Gasteiger partial charge in [0.2, 0.25) is 0 Å². The van der Waals surface area contributed by atoms with Crippen molar-refractivity contribution in [3.8, 4) is 0 Å². The number of rotatable bonds is 24. The number of unbranched alkanes of at least 4 members (excludes halogenated alkanes) is 9. The van der Waals surface area contributed by atoms with Gasteiger partial charge in [0.25, 0.3) is 0 Å². The lowest BCUT2D eigenvalue weighted by atomic mass is 9.57. The summed E-state index contributed by atoms with van der Waals surface area (Å²) in [6.07, 6.45) is 33.1. The van der Waals surface area contributed by atoms with Crippen LogP contribution in [0.15, 0.2) is 0 Å². The van der Waals surface area contributed by atoms with Gasteiger partial charge in [-0.3, -0.25) is 0 Å². The SMILES string of the molecule is CCCCCCC(CCCCC)CCN1CCC2(CC1)CC(CCNC(CCCCC)CCCCC)C2. The Balaban J connectivity index is 1.60. The van der Waals surface area contributed by atoms with Gasteiger partial charge in [-0.1, -0.05) is 124 Å². The van der Waals surface area contributed by atoms with Gasteiger partial charge in [-0.2, -0.15) is 0 Å². The van der Waals surface area contributed by atoms with E-state index >= 15 is 0 Å². The lowest BCUT2D eigenvalue weighted by molar-refractivity contribution is -0.0172. The molecule has 0 radical (unpaired) electrons. The van der Waals surface area contributed by atoms with E-state index in [2.05, 4.69) is 37.9 Å². The highest BCUT2D eigenvalue weighted by Crippen LogP contribution is 2.53. The Hall–Kier alpha value is -0.0800. The van der Waals surface area contributed by atoms with Gasteiger partial charge in [0.05, 0.1) is 0 Å². The first-order valence-electron chi connectivity index (χ1n) is 17.6. The van der Waals surface area contributed by atoms with Crippen molar-refractivity contribution in [2.75, 3.05) is 26.2 Å². The van der Waals surface area contributed by atoms with Crippen molar-refractivity contribution >= 4 is 0 Å². The molecular weight excluding hydrogens is 448 g/mol. The molecule has 0 aromatic carbocycles. The van der Waals surface area contributed by atoms with Crippen LogP contribution in [0.4, 0.5) is 0 Å². The van der Waals surface area contributed by atoms with E-state index in [9.17, 15) is 0 Å². The summed E-state index contributed by atoms with van der Waals surface area (Å²) < 4.78 is 0. The smallest absolute Gasteiger partial charge is 0.00670 e. The topological polar surface area (TPSA) is 15.3 Å². The van der Waals surface area contributed by atoms with Crippen LogP contribution in [0.25, 0.3) is 0 Å². The van der Waals surface area contributed by atoms with Gasteiger partial charge in [0.15, 0.2) is 0 Å². The molecule has 220 valence electrons. The fourth-order valence-corrected chi connectivity index (χ4v) is 7.49. The minimum absolute atomic E-state index is 0.740. The zero-order chi connectivity index (χ0) is 26.6. The second kappa shape index (κ2) is 20.8. The molecule has 37 heavy (non-hydrogen) atoms. The van der Waals surface area contributed by atoms with Gasteiger partial charge in [-0.05, 0) is 94.8 Å². The Bertz CT molecular complexity index is 491. The zero-order valence-corrected chi connectivity index (χ0v) is 26.3. The molecule has 2 heteroatoms.